The van der Waals surface area contributed by atoms with Crippen molar-refractivity contribution in [3.05, 3.63) is 63.6 Å². The average Bonchev–Trinajstić information content (AvgIpc) is 2.71. The molecule has 0 aliphatic carbocycles. The molecule has 0 bridgehead atoms. The highest BCUT2D eigenvalue weighted by atomic mass is 79.9. The van der Waals surface area contributed by atoms with Crippen molar-refractivity contribution in [1.82, 2.24) is 10.2 Å². The second-order valence-corrected chi connectivity index (χ2v) is 8.18. The van der Waals surface area contributed by atoms with Crippen LogP contribution in [0, 0.1) is 0 Å². The quantitative estimate of drug-likeness (QED) is 0.559. The fraction of sp³-hybridized carbons (Fsp3) is 0.364. The Morgan fingerprint density at radius 2 is 1.79 bits per heavy atom. The number of hydrogen-bond acceptors (Lipinski definition) is 3. The summed E-state index contributed by atoms with van der Waals surface area (Å²) >= 11 is 9.51. The van der Waals surface area contributed by atoms with Gasteiger partial charge in [0.1, 0.15) is 11.8 Å². The SMILES string of the molecule is CCC(C)NC(=O)C(C)N(Cc1ccc(Br)cc1)C(=O)COc1ccccc1Cl. The number of carbonyl (C=O) groups is 2. The van der Waals surface area contributed by atoms with Crippen molar-refractivity contribution in [3.8, 4) is 5.75 Å². The minimum atomic E-state index is -0.644. The van der Waals surface area contributed by atoms with Crippen LogP contribution in [0.25, 0.3) is 0 Å². The van der Waals surface area contributed by atoms with Gasteiger partial charge in [-0.2, -0.15) is 0 Å². The molecule has 156 valence electrons. The molecule has 7 heteroatoms. The molecule has 2 rings (SSSR count). The third-order valence-corrected chi connectivity index (χ3v) is 5.46. The molecule has 2 amide bonds. The van der Waals surface area contributed by atoms with Crippen LogP contribution in [0.1, 0.15) is 32.8 Å². The minimum Gasteiger partial charge on any atom is -0.482 e. The Morgan fingerprint density at radius 3 is 2.41 bits per heavy atom. The fourth-order valence-corrected chi connectivity index (χ4v) is 3.07. The van der Waals surface area contributed by atoms with Crippen molar-refractivity contribution in [3.63, 3.8) is 0 Å². The second kappa shape index (κ2) is 11.2. The topological polar surface area (TPSA) is 58.6 Å². The lowest BCUT2D eigenvalue weighted by Crippen LogP contribution is -2.50. The molecule has 0 radical (unpaired) electrons. The van der Waals surface area contributed by atoms with Crippen molar-refractivity contribution < 1.29 is 14.3 Å². The van der Waals surface area contributed by atoms with Gasteiger partial charge in [-0.25, -0.2) is 0 Å². The summed E-state index contributed by atoms with van der Waals surface area (Å²) in [6.45, 7) is 5.75. The Balaban J connectivity index is 2.15. The standard InChI is InChI=1S/C22H26BrClN2O3/c1-4-15(2)25-22(28)16(3)26(13-17-9-11-18(23)12-10-17)21(27)14-29-20-8-6-5-7-19(20)24/h5-12,15-16H,4,13-14H2,1-3H3,(H,25,28). The summed E-state index contributed by atoms with van der Waals surface area (Å²) in [6, 6.07) is 14.0. The van der Waals surface area contributed by atoms with Crippen molar-refractivity contribution >= 4 is 39.3 Å². The van der Waals surface area contributed by atoms with Crippen LogP contribution in [-0.4, -0.2) is 35.4 Å². The summed E-state index contributed by atoms with van der Waals surface area (Å²) in [5.41, 5.74) is 0.919. The van der Waals surface area contributed by atoms with Crippen LogP contribution in [0.2, 0.25) is 5.02 Å². The van der Waals surface area contributed by atoms with Crippen molar-refractivity contribution in [2.75, 3.05) is 6.61 Å². The van der Waals surface area contributed by atoms with E-state index in [2.05, 4.69) is 21.2 Å². The van der Waals surface area contributed by atoms with E-state index in [1.54, 1.807) is 31.2 Å². The molecule has 29 heavy (non-hydrogen) atoms. The maximum atomic E-state index is 13.0. The van der Waals surface area contributed by atoms with Crippen LogP contribution in [0.5, 0.6) is 5.75 Å². The molecule has 2 aromatic carbocycles. The number of nitrogens with zero attached hydrogens (tertiary/aromatic N) is 1. The van der Waals surface area contributed by atoms with E-state index >= 15 is 0 Å². The number of para-hydroxylation sites is 1. The van der Waals surface area contributed by atoms with Crippen LogP contribution in [0.3, 0.4) is 0 Å². The van der Waals surface area contributed by atoms with E-state index in [4.69, 9.17) is 16.3 Å². The first-order chi connectivity index (χ1) is 13.8. The number of hydrogen-bond donors (Lipinski definition) is 1. The smallest absolute Gasteiger partial charge is 0.261 e. The number of carbonyl (C=O) groups excluding carboxylic acids is 2. The molecule has 5 nitrogen and oxygen atoms in total. The summed E-state index contributed by atoms with van der Waals surface area (Å²) in [4.78, 5) is 27.2. The molecular formula is C22H26BrClN2O3. The largest absolute Gasteiger partial charge is 0.482 e. The summed E-state index contributed by atoms with van der Waals surface area (Å²) in [5.74, 6) is -0.0509. The average molecular weight is 482 g/mol. The van der Waals surface area contributed by atoms with Crippen LogP contribution in [0.15, 0.2) is 53.0 Å². The number of halogens is 2. The summed E-state index contributed by atoms with van der Waals surface area (Å²) < 4.78 is 6.55. The van der Waals surface area contributed by atoms with Crippen LogP contribution in [-0.2, 0) is 16.1 Å². The van der Waals surface area contributed by atoms with Crippen molar-refractivity contribution in [1.29, 1.82) is 0 Å². The molecule has 2 atom stereocenters. The number of amides is 2. The van der Waals surface area contributed by atoms with Gasteiger partial charge in [0.05, 0.1) is 5.02 Å². The van der Waals surface area contributed by atoms with Gasteiger partial charge >= 0.3 is 0 Å². The van der Waals surface area contributed by atoms with Gasteiger partial charge in [0.2, 0.25) is 5.91 Å². The second-order valence-electron chi connectivity index (χ2n) is 6.86. The van der Waals surface area contributed by atoms with Gasteiger partial charge in [-0.1, -0.05) is 58.7 Å². The van der Waals surface area contributed by atoms with Crippen molar-refractivity contribution in [2.24, 2.45) is 0 Å². The zero-order chi connectivity index (χ0) is 21.4. The highest BCUT2D eigenvalue weighted by molar-refractivity contribution is 9.10. The zero-order valence-corrected chi connectivity index (χ0v) is 19.2. The predicted molar refractivity (Wildman–Crippen MR) is 119 cm³/mol. The van der Waals surface area contributed by atoms with Gasteiger partial charge in [0.15, 0.2) is 6.61 Å². The van der Waals surface area contributed by atoms with Crippen LogP contribution in [0.4, 0.5) is 0 Å². The van der Waals surface area contributed by atoms with E-state index in [1.165, 1.54) is 4.90 Å². The number of rotatable bonds is 9. The van der Waals surface area contributed by atoms with E-state index in [9.17, 15) is 9.59 Å². The Labute approximate surface area is 185 Å². The first-order valence-corrected chi connectivity index (χ1v) is 10.7. The highest BCUT2D eigenvalue weighted by Crippen LogP contribution is 2.23. The Kier molecular flexibility index (Phi) is 8.99. The van der Waals surface area contributed by atoms with Gasteiger partial charge in [-0.05, 0) is 50.1 Å². The zero-order valence-electron chi connectivity index (χ0n) is 16.8. The molecular weight excluding hydrogens is 456 g/mol. The van der Waals surface area contributed by atoms with Gasteiger partial charge in [0.25, 0.3) is 5.91 Å². The van der Waals surface area contributed by atoms with Gasteiger partial charge in [0, 0.05) is 17.1 Å². The Bertz CT molecular complexity index is 829. The minimum absolute atomic E-state index is 0.0361. The lowest BCUT2D eigenvalue weighted by atomic mass is 10.1. The summed E-state index contributed by atoms with van der Waals surface area (Å²) in [5, 5.41) is 3.37. The lowest BCUT2D eigenvalue weighted by Gasteiger charge is -2.29. The highest BCUT2D eigenvalue weighted by Gasteiger charge is 2.27. The normalized spacial score (nSPS) is 12.7. The molecule has 0 heterocycles. The molecule has 0 aliphatic rings. The predicted octanol–water partition coefficient (Wildman–Crippen LogP) is 4.81. The van der Waals surface area contributed by atoms with Crippen LogP contribution < -0.4 is 10.1 Å². The third-order valence-electron chi connectivity index (χ3n) is 4.62. The first-order valence-electron chi connectivity index (χ1n) is 9.53. The van der Waals surface area contributed by atoms with E-state index in [-0.39, 0.29) is 24.5 Å². The molecule has 1 N–H and O–H groups in total. The molecule has 2 unspecified atom stereocenters. The maximum Gasteiger partial charge on any atom is 0.261 e. The number of ether oxygens (including phenoxy) is 1. The Morgan fingerprint density at radius 1 is 1.14 bits per heavy atom. The molecule has 0 aromatic heterocycles. The molecule has 2 aromatic rings. The van der Waals surface area contributed by atoms with E-state index < -0.39 is 6.04 Å². The summed E-state index contributed by atoms with van der Waals surface area (Å²) in [6.07, 6.45) is 0.814. The van der Waals surface area contributed by atoms with Gasteiger partial charge in [-0.15, -0.1) is 0 Å². The monoisotopic (exact) mass is 480 g/mol. The van der Waals surface area contributed by atoms with Gasteiger partial charge < -0.3 is 15.0 Å². The van der Waals surface area contributed by atoms with Crippen molar-refractivity contribution in [2.45, 2.75) is 45.8 Å². The van der Waals surface area contributed by atoms with E-state index in [0.29, 0.717) is 17.3 Å². The summed E-state index contributed by atoms with van der Waals surface area (Å²) in [7, 11) is 0. The van der Waals surface area contributed by atoms with E-state index in [0.717, 1.165) is 16.5 Å². The maximum absolute atomic E-state index is 13.0. The first kappa shape index (κ1) is 23.2. The van der Waals surface area contributed by atoms with E-state index in [1.807, 2.05) is 38.1 Å². The van der Waals surface area contributed by atoms with Crippen LogP contribution >= 0.6 is 27.5 Å². The third kappa shape index (κ3) is 7.05. The lowest BCUT2D eigenvalue weighted by molar-refractivity contribution is -0.142. The molecule has 0 aliphatic heterocycles. The molecule has 0 spiro atoms. The Hall–Kier alpha value is -2.05. The molecule has 0 fully saturated rings. The number of benzene rings is 2. The molecule has 0 saturated carbocycles. The fourth-order valence-electron chi connectivity index (χ4n) is 2.62. The van der Waals surface area contributed by atoms with Gasteiger partial charge in [-0.3, -0.25) is 9.59 Å². The number of nitrogens with one attached hydrogen (secondary N) is 1. The molecule has 0 saturated heterocycles.